The van der Waals surface area contributed by atoms with E-state index in [9.17, 15) is 4.39 Å². The largest absolute Gasteiger partial charge is 0.493 e. The molecule has 0 aliphatic rings. The standard InChI is InChI=1S/C17H16BrFN4O2S/c1-24-15-6-12(8-21-23-10-20-22-17(23)26)14(18)7-16(15)25-9-11-2-4-13(19)5-3-11/h2-7,10,21H,8-9H2,1H3,(H,22,26). The Labute approximate surface area is 163 Å². The molecule has 9 heteroatoms. The van der Waals surface area contributed by atoms with Crippen molar-refractivity contribution in [2.24, 2.45) is 0 Å². The molecule has 0 saturated carbocycles. The minimum Gasteiger partial charge on any atom is -0.493 e. The van der Waals surface area contributed by atoms with Crippen molar-refractivity contribution in [3.8, 4) is 11.5 Å². The van der Waals surface area contributed by atoms with Gasteiger partial charge in [0.15, 0.2) is 11.5 Å². The average molecular weight is 439 g/mol. The number of ether oxygens (including phenoxy) is 2. The van der Waals surface area contributed by atoms with Gasteiger partial charge in [-0.2, -0.15) is 5.10 Å². The number of nitrogens with one attached hydrogen (secondary N) is 2. The summed E-state index contributed by atoms with van der Waals surface area (Å²) in [5.41, 5.74) is 4.96. The van der Waals surface area contributed by atoms with Crippen LogP contribution in [0.3, 0.4) is 0 Å². The average Bonchev–Trinajstić information content (AvgIpc) is 3.05. The number of hydrogen-bond acceptors (Lipinski definition) is 5. The van der Waals surface area contributed by atoms with E-state index in [1.165, 1.54) is 12.1 Å². The molecule has 1 aromatic heterocycles. The molecule has 0 radical (unpaired) electrons. The van der Waals surface area contributed by atoms with Gasteiger partial charge in [-0.05, 0) is 47.6 Å². The number of rotatable bonds is 7. The van der Waals surface area contributed by atoms with E-state index < -0.39 is 0 Å². The van der Waals surface area contributed by atoms with Crippen LogP contribution in [0.4, 0.5) is 4.39 Å². The highest BCUT2D eigenvalue weighted by molar-refractivity contribution is 9.10. The van der Waals surface area contributed by atoms with E-state index in [4.69, 9.17) is 21.7 Å². The lowest BCUT2D eigenvalue weighted by Gasteiger charge is -2.15. The normalized spacial score (nSPS) is 10.6. The number of H-pyrrole nitrogens is 1. The smallest absolute Gasteiger partial charge is 0.214 e. The molecule has 3 rings (SSSR count). The van der Waals surface area contributed by atoms with E-state index in [1.54, 1.807) is 30.2 Å². The minimum atomic E-state index is -0.274. The first-order valence-corrected chi connectivity index (χ1v) is 8.86. The first-order chi connectivity index (χ1) is 12.6. The molecule has 2 aromatic carbocycles. The van der Waals surface area contributed by atoms with Gasteiger partial charge < -0.3 is 14.9 Å². The molecule has 0 fully saturated rings. The van der Waals surface area contributed by atoms with Gasteiger partial charge in [-0.25, -0.2) is 9.07 Å². The number of halogens is 2. The molecule has 0 bridgehead atoms. The molecule has 0 saturated heterocycles. The van der Waals surface area contributed by atoms with Gasteiger partial charge in [-0.3, -0.25) is 5.10 Å². The van der Waals surface area contributed by atoms with Crippen LogP contribution in [0.5, 0.6) is 11.5 Å². The molecule has 0 aliphatic heterocycles. The molecular weight excluding hydrogens is 423 g/mol. The van der Waals surface area contributed by atoms with Gasteiger partial charge in [0.05, 0.1) is 13.7 Å². The summed E-state index contributed by atoms with van der Waals surface area (Å²) in [7, 11) is 1.58. The number of benzene rings is 2. The van der Waals surface area contributed by atoms with Gasteiger partial charge in [-0.15, -0.1) is 0 Å². The summed E-state index contributed by atoms with van der Waals surface area (Å²) >= 11 is 8.64. The van der Waals surface area contributed by atoms with Crippen molar-refractivity contribution < 1.29 is 13.9 Å². The fourth-order valence-corrected chi connectivity index (χ4v) is 2.88. The molecule has 1 heterocycles. The zero-order valence-corrected chi connectivity index (χ0v) is 16.2. The summed E-state index contributed by atoms with van der Waals surface area (Å²) in [4.78, 5) is 0. The molecule has 0 amide bonds. The SMILES string of the molecule is COc1cc(CNn2cn[nH]c2=S)c(Br)cc1OCc1ccc(F)cc1. The van der Waals surface area contributed by atoms with E-state index in [0.29, 0.717) is 29.4 Å². The number of hydrogen-bond donors (Lipinski definition) is 2. The van der Waals surface area contributed by atoms with Gasteiger partial charge in [0.25, 0.3) is 0 Å². The summed E-state index contributed by atoms with van der Waals surface area (Å²) in [5.74, 6) is 0.916. The lowest BCUT2D eigenvalue weighted by Crippen LogP contribution is -2.14. The van der Waals surface area contributed by atoms with Crippen molar-refractivity contribution in [3.63, 3.8) is 0 Å². The molecule has 6 nitrogen and oxygen atoms in total. The zero-order valence-electron chi connectivity index (χ0n) is 13.8. The van der Waals surface area contributed by atoms with Crippen molar-refractivity contribution in [2.75, 3.05) is 12.5 Å². The molecule has 26 heavy (non-hydrogen) atoms. The fraction of sp³-hybridized carbons (Fsp3) is 0.176. The Morgan fingerprint density at radius 2 is 2.04 bits per heavy atom. The summed E-state index contributed by atoms with van der Waals surface area (Å²) in [6.45, 7) is 0.813. The Kier molecular flexibility index (Phi) is 5.89. The molecule has 2 N–H and O–H groups in total. The van der Waals surface area contributed by atoms with E-state index in [1.807, 2.05) is 12.1 Å². The van der Waals surface area contributed by atoms with Crippen LogP contribution >= 0.6 is 28.1 Å². The summed E-state index contributed by atoms with van der Waals surface area (Å²) in [5, 5.41) is 6.53. The lowest BCUT2D eigenvalue weighted by molar-refractivity contribution is 0.284. The second-order valence-electron chi connectivity index (χ2n) is 5.38. The van der Waals surface area contributed by atoms with E-state index >= 15 is 0 Å². The first kappa shape index (κ1) is 18.4. The van der Waals surface area contributed by atoms with Gasteiger partial charge >= 0.3 is 0 Å². The van der Waals surface area contributed by atoms with Crippen LogP contribution in [0.15, 0.2) is 47.2 Å². The molecule has 0 unspecified atom stereocenters. The third kappa shape index (κ3) is 4.41. The maximum Gasteiger partial charge on any atom is 0.214 e. The Bertz CT molecular complexity index is 943. The van der Waals surface area contributed by atoms with Gasteiger partial charge in [-0.1, -0.05) is 28.1 Å². The van der Waals surface area contributed by atoms with E-state index in [0.717, 1.165) is 15.6 Å². The highest BCUT2D eigenvalue weighted by atomic mass is 79.9. The topological polar surface area (TPSA) is 64.1 Å². The molecule has 0 aliphatic carbocycles. The predicted molar refractivity (Wildman–Crippen MR) is 102 cm³/mol. The van der Waals surface area contributed by atoms with Crippen molar-refractivity contribution in [1.82, 2.24) is 14.9 Å². The predicted octanol–water partition coefficient (Wildman–Crippen LogP) is 4.17. The Balaban J connectivity index is 1.72. The third-order valence-corrected chi connectivity index (χ3v) is 4.66. The van der Waals surface area contributed by atoms with Crippen LogP contribution in [0.1, 0.15) is 11.1 Å². The summed E-state index contributed by atoms with van der Waals surface area (Å²) < 4.78 is 27.2. The van der Waals surface area contributed by atoms with E-state index in [-0.39, 0.29) is 5.82 Å². The van der Waals surface area contributed by atoms with Crippen LogP contribution in [0.2, 0.25) is 0 Å². The molecule has 3 aromatic rings. The molecule has 136 valence electrons. The number of methoxy groups -OCH3 is 1. The molecule has 0 atom stereocenters. The fourth-order valence-electron chi connectivity index (χ4n) is 2.26. The minimum absolute atomic E-state index is 0.274. The first-order valence-electron chi connectivity index (χ1n) is 7.66. The van der Waals surface area contributed by atoms with Crippen LogP contribution in [-0.4, -0.2) is 22.0 Å². The lowest BCUT2D eigenvalue weighted by atomic mass is 10.2. The summed E-state index contributed by atoms with van der Waals surface area (Å²) in [6, 6.07) is 9.89. The zero-order chi connectivity index (χ0) is 18.5. The Morgan fingerprint density at radius 3 is 2.69 bits per heavy atom. The maximum absolute atomic E-state index is 13.0. The van der Waals surface area contributed by atoms with Crippen LogP contribution in [-0.2, 0) is 13.2 Å². The number of aromatic amines is 1. The Hall–Kier alpha value is -2.39. The van der Waals surface area contributed by atoms with E-state index in [2.05, 4.69) is 31.6 Å². The van der Waals surface area contributed by atoms with Crippen molar-refractivity contribution >= 4 is 28.1 Å². The third-order valence-electron chi connectivity index (χ3n) is 3.63. The van der Waals surface area contributed by atoms with Gasteiger partial charge in [0, 0.05) is 4.47 Å². The monoisotopic (exact) mass is 438 g/mol. The molecular formula is C17H16BrFN4O2S. The highest BCUT2D eigenvalue weighted by Gasteiger charge is 2.11. The second-order valence-corrected chi connectivity index (χ2v) is 6.62. The number of aromatic nitrogens is 3. The van der Waals surface area contributed by atoms with Gasteiger partial charge in [0.2, 0.25) is 4.77 Å². The van der Waals surface area contributed by atoms with Crippen LogP contribution in [0.25, 0.3) is 0 Å². The quantitative estimate of drug-likeness (QED) is 0.541. The summed E-state index contributed by atoms with van der Waals surface area (Å²) in [6.07, 6.45) is 1.56. The van der Waals surface area contributed by atoms with Crippen LogP contribution in [0, 0.1) is 10.6 Å². The maximum atomic E-state index is 13.0. The molecule has 0 spiro atoms. The number of nitrogens with zero attached hydrogens (tertiary/aromatic N) is 2. The van der Waals surface area contributed by atoms with Crippen molar-refractivity contribution in [2.45, 2.75) is 13.2 Å². The Morgan fingerprint density at radius 1 is 1.27 bits per heavy atom. The van der Waals surface area contributed by atoms with Crippen molar-refractivity contribution in [3.05, 3.63) is 68.9 Å². The van der Waals surface area contributed by atoms with Gasteiger partial charge in [0.1, 0.15) is 18.8 Å². The van der Waals surface area contributed by atoms with Crippen LogP contribution < -0.4 is 14.9 Å². The van der Waals surface area contributed by atoms with Crippen molar-refractivity contribution in [1.29, 1.82) is 0 Å². The second kappa shape index (κ2) is 8.33. The highest BCUT2D eigenvalue weighted by Crippen LogP contribution is 2.34.